The molecule has 2 rings (SSSR count). The van der Waals surface area contributed by atoms with Crippen LogP contribution in [0.1, 0.15) is 21.5 Å². The predicted octanol–water partition coefficient (Wildman–Crippen LogP) is 4.54. The molecule has 2 aromatic rings. The zero-order valence-electron chi connectivity index (χ0n) is 12.9. The second kappa shape index (κ2) is 7.10. The molecular weight excluding hydrogens is 361 g/mol. The molecule has 2 aromatic carbocycles. The fourth-order valence-corrected chi connectivity index (χ4v) is 2.34. The van der Waals surface area contributed by atoms with Crippen molar-refractivity contribution in [3.05, 3.63) is 74.3 Å². The molecule has 9 heteroatoms. The normalized spacial score (nSPS) is 11.2. The first-order chi connectivity index (χ1) is 11.6. The van der Waals surface area contributed by atoms with Crippen LogP contribution in [0.4, 0.5) is 18.9 Å². The van der Waals surface area contributed by atoms with Gasteiger partial charge in [0.25, 0.3) is 11.6 Å². The topological polar surface area (TPSA) is 63.5 Å². The van der Waals surface area contributed by atoms with Crippen LogP contribution in [0.3, 0.4) is 0 Å². The Morgan fingerprint density at radius 3 is 2.32 bits per heavy atom. The number of non-ortho nitro benzene ring substituents is 1. The van der Waals surface area contributed by atoms with Crippen molar-refractivity contribution in [2.75, 3.05) is 7.05 Å². The van der Waals surface area contributed by atoms with E-state index >= 15 is 0 Å². The molecule has 25 heavy (non-hydrogen) atoms. The summed E-state index contributed by atoms with van der Waals surface area (Å²) >= 11 is 5.92. The summed E-state index contributed by atoms with van der Waals surface area (Å²) in [6, 6.07) is 7.87. The number of carbonyl (C=O) groups is 1. The van der Waals surface area contributed by atoms with Gasteiger partial charge in [0, 0.05) is 25.7 Å². The molecule has 0 saturated carbocycles. The molecule has 0 atom stereocenters. The molecule has 1 amide bonds. The molecular formula is C16H12ClF3N2O3. The molecule has 0 unspecified atom stereocenters. The predicted molar refractivity (Wildman–Crippen MR) is 85.3 cm³/mol. The maximum absolute atomic E-state index is 12.5. The highest BCUT2D eigenvalue weighted by atomic mass is 35.5. The van der Waals surface area contributed by atoms with Crippen molar-refractivity contribution in [3.8, 4) is 0 Å². The summed E-state index contributed by atoms with van der Waals surface area (Å²) in [5, 5.41) is 10.9. The van der Waals surface area contributed by atoms with Gasteiger partial charge in [-0.1, -0.05) is 23.7 Å². The second-order valence-electron chi connectivity index (χ2n) is 5.28. The Morgan fingerprint density at radius 2 is 1.80 bits per heavy atom. The largest absolute Gasteiger partial charge is 0.416 e. The summed E-state index contributed by atoms with van der Waals surface area (Å²) in [4.78, 5) is 23.8. The van der Waals surface area contributed by atoms with Crippen molar-refractivity contribution in [2.45, 2.75) is 12.7 Å². The average Bonchev–Trinajstić information content (AvgIpc) is 2.54. The summed E-state index contributed by atoms with van der Waals surface area (Å²) in [5.41, 5.74) is -0.640. The van der Waals surface area contributed by atoms with Gasteiger partial charge in [0.2, 0.25) is 0 Å². The molecule has 0 radical (unpaired) electrons. The van der Waals surface area contributed by atoms with Gasteiger partial charge in [0.05, 0.1) is 21.1 Å². The number of carbonyl (C=O) groups excluding carboxylic acids is 1. The van der Waals surface area contributed by atoms with Crippen LogP contribution in [0.25, 0.3) is 0 Å². The van der Waals surface area contributed by atoms with Gasteiger partial charge in [-0.15, -0.1) is 0 Å². The van der Waals surface area contributed by atoms with Crippen LogP contribution in [-0.2, 0) is 12.7 Å². The van der Waals surface area contributed by atoms with Crippen LogP contribution >= 0.6 is 11.6 Å². The lowest BCUT2D eigenvalue weighted by Crippen LogP contribution is -2.26. The lowest BCUT2D eigenvalue weighted by atomic mass is 10.1. The van der Waals surface area contributed by atoms with Crippen LogP contribution in [-0.4, -0.2) is 22.8 Å². The minimum Gasteiger partial charge on any atom is -0.337 e. The van der Waals surface area contributed by atoms with Crippen molar-refractivity contribution < 1.29 is 22.9 Å². The molecule has 0 bridgehead atoms. The van der Waals surface area contributed by atoms with E-state index in [9.17, 15) is 28.1 Å². The molecule has 0 fully saturated rings. The fourth-order valence-electron chi connectivity index (χ4n) is 2.14. The Balaban J connectivity index is 2.18. The van der Waals surface area contributed by atoms with Gasteiger partial charge in [-0.2, -0.15) is 13.2 Å². The molecule has 0 N–H and O–H groups in total. The molecule has 0 aliphatic heterocycles. The summed E-state index contributed by atoms with van der Waals surface area (Å²) in [6.45, 7) is 0.0238. The molecule has 0 aromatic heterocycles. The monoisotopic (exact) mass is 372 g/mol. The van der Waals surface area contributed by atoms with Crippen LogP contribution in [0, 0.1) is 10.1 Å². The smallest absolute Gasteiger partial charge is 0.337 e. The number of benzene rings is 2. The summed E-state index contributed by atoms with van der Waals surface area (Å²) in [6.07, 6.45) is -4.43. The van der Waals surface area contributed by atoms with Crippen LogP contribution in [0.15, 0.2) is 42.5 Å². The number of halogens is 4. The quantitative estimate of drug-likeness (QED) is 0.584. The van der Waals surface area contributed by atoms with Crippen LogP contribution in [0.2, 0.25) is 5.02 Å². The van der Waals surface area contributed by atoms with Crippen molar-refractivity contribution in [1.82, 2.24) is 4.90 Å². The number of nitro benzene ring substituents is 1. The maximum atomic E-state index is 12.5. The van der Waals surface area contributed by atoms with Gasteiger partial charge in [-0.25, -0.2) is 0 Å². The van der Waals surface area contributed by atoms with E-state index in [0.29, 0.717) is 5.56 Å². The highest BCUT2D eigenvalue weighted by molar-refractivity contribution is 6.33. The van der Waals surface area contributed by atoms with Crippen LogP contribution < -0.4 is 0 Å². The van der Waals surface area contributed by atoms with E-state index in [1.54, 1.807) is 0 Å². The first kappa shape index (κ1) is 18.7. The number of hydrogen-bond donors (Lipinski definition) is 0. The Morgan fingerprint density at radius 1 is 1.20 bits per heavy atom. The van der Waals surface area contributed by atoms with E-state index in [1.165, 1.54) is 36.2 Å². The number of hydrogen-bond acceptors (Lipinski definition) is 3. The maximum Gasteiger partial charge on any atom is 0.416 e. The van der Waals surface area contributed by atoms with Gasteiger partial charge < -0.3 is 4.90 Å². The number of nitrogens with zero attached hydrogens (tertiary/aromatic N) is 2. The van der Waals surface area contributed by atoms with Crippen molar-refractivity contribution >= 4 is 23.2 Å². The third kappa shape index (κ3) is 4.48. The number of nitro groups is 1. The molecule has 0 aliphatic rings. The lowest BCUT2D eigenvalue weighted by Gasteiger charge is -2.18. The third-order valence-electron chi connectivity index (χ3n) is 3.44. The van der Waals surface area contributed by atoms with E-state index in [4.69, 9.17) is 11.6 Å². The van der Waals surface area contributed by atoms with Crippen molar-refractivity contribution in [2.24, 2.45) is 0 Å². The van der Waals surface area contributed by atoms with E-state index in [-0.39, 0.29) is 22.8 Å². The minimum absolute atomic E-state index is 0.0238. The first-order valence-electron chi connectivity index (χ1n) is 6.95. The second-order valence-corrected chi connectivity index (χ2v) is 5.68. The van der Waals surface area contributed by atoms with Gasteiger partial charge in [0.15, 0.2) is 0 Å². The zero-order chi connectivity index (χ0) is 18.8. The van der Waals surface area contributed by atoms with Crippen molar-refractivity contribution in [3.63, 3.8) is 0 Å². The van der Waals surface area contributed by atoms with Crippen LogP contribution in [0.5, 0.6) is 0 Å². The highest BCUT2D eigenvalue weighted by Crippen LogP contribution is 2.29. The fraction of sp³-hybridized carbons (Fsp3) is 0.188. The third-order valence-corrected chi connectivity index (χ3v) is 3.77. The number of alkyl halides is 3. The van der Waals surface area contributed by atoms with Gasteiger partial charge in [-0.05, 0) is 23.8 Å². The zero-order valence-corrected chi connectivity index (χ0v) is 13.6. The molecule has 0 spiro atoms. The molecule has 0 saturated heterocycles. The summed E-state index contributed by atoms with van der Waals surface area (Å²) in [5.74, 6) is -0.575. The van der Waals surface area contributed by atoms with Gasteiger partial charge >= 0.3 is 6.18 Å². The van der Waals surface area contributed by atoms with Gasteiger partial charge in [0.1, 0.15) is 0 Å². The Kier molecular flexibility index (Phi) is 5.32. The van der Waals surface area contributed by atoms with E-state index in [1.807, 2.05) is 0 Å². The average molecular weight is 373 g/mol. The molecule has 5 nitrogen and oxygen atoms in total. The highest BCUT2D eigenvalue weighted by Gasteiger charge is 2.30. The number of amides is 1. The Hall–Kier alpha value is -2.61. The molecule has 0 aliphatic carbocycles. The van der Waals surface area contributed by atoms with E-state index < -0.39 is 22.6 Å². The summed E-state index contributed by atoms with van der Waals surface area (Å²) < 4.78 is 37.6. The van der Waals surface area contributed by atoms with Gasteiger partial charge in [-0.3, -0.25) is 14.9 Å². The SMILES string of the molecule is CN(Cc1ccc(C(F)(F)F)cc1)C(=O)c1cc([N+](=O)[O-])ccc1Cl. The molecule has 132 valence electrons. The summed E-state index contributed by atoms with van der Waals surface area (Å²) in [7, 11) is 1.43. The van der Waals surface area contributed by atoms with Crippen molar-refractivity contribution in [1.29, 1.82) is 0 Å². The first-order valence-corrected chi connectivity index (χ1v) is 7.33. The minimum atomic E-state index is -4.43. The van der Waals surface area contributed by atoms with E-state index in [2.05, 4.69) is 0 Å². The Bertz CT molecular complexity index is 807. The van der Waals surface area contributed by atoms with E-state index in [0.717, 1.165) is 18.2 Å². The Labute approximate surface area is 145 Å². The lowest BCUT2D eigenvalue weighted by molar-refractivity contribution is -0.384. The number of rotatable bonds is 4. The molecule has 0 heterocycles. The standard InChI is InChI=1S/C16H12ClF3N2O3/c1-21(9-10-2-4-11(5-3-10)16(18,19)20)15(23)13-8-12(22(24)25)6-7-14(13)17/h2-8H,9H2,1H3.